The van der Waals surface area contributed by atoms with Gasteiger partial charge >= 0.3 is 23.9 Å². The molecule has 2 atom stereocenters. The van der Waals surface area contributed by atoms with Crippen LogP contribution < -0.4 is 0 Å². The fraction of sp³-hybridized carbons (Fsp3) is 0.333. The van der Waals surface area contributed by atoms with Crippen LogP contribution in [0.3, 0.4) is 0 Å². The topological polar surface area (TPSA) is 118 Å². The van der Waals surface area contributed by atoms with Gasteiger partial charge in [-0.1, -0.05) is 118 Å². The predicted octanol–water partition coefficient (Wildman–Crippen LogP) is 7.01. The first kappa shape index (κ1) is 31.5. The first-order chi connectivity index (χ1) is 17.1. The molecule has 0 fully saturated rings. The first-order valence-corrected chi connectivity index (χ1v) is 12.9. The minimum Gasteiger partial charge on any atom is -0.481 e. The van der Waals surface area contributed by atoms with Crippen LogP contribution in [0.25, 0.3) is 0 Å². The Morgan fingerprint density at radius 2 is 0.919 bits per heavy atom. The van der Waals surface area contributed by atoms with Gasteiger partial charge in [0.2, 0.25) is 7.59 Å². The highest BCUT2D eigenvalue weighted by Gasteiger charge is 2.32. The molecule has 13 heteroatoms. The maximum atomic E-state index is 13.0. The Morgan fingerprint density at radius 1 is 0.622 bits per heavy atom. The Labute approximate surface area is 242 Å². The van der Waals surface area contributed by atoms with E-state index in [0.29, 0.717) is 22.3 Å². The number of alkyl halides is 6. The molecule has 0 spiro atoms. The van der Waals surface area contributed by atoms with E-state index in [1.54, 1.807) is 0 Å². The van der Waals surface area contributed by atoms with E-state index < -0.39 is 43.3 Å². The Hall–Kier alpha value is -1.74. The van der Waals surface area contributed by atoms with Gasteiger partial charge in [-0.05, 0) is 24.0 Å². The molecule has 2 aromatic rings. The third-order valence-electron chi connectivity index (χ3n) is 5.34. The summed E-state index contributed by atoms with van der Waals surface area (Å²) in [6.07, 6.45) is -1.12. The number of benzene rings is 2. The number of esters is 2. The number of rotatable bonds is 10. The van der Waals surface area contributed by atoms with E-state index in [1.165, 1.54) is 48.5 Å². The van der Waals surface area contributed by atoms with Gasteiger partial charge in [0.05, 0.1) is 11.8 Å². The molecule has 0 aliphatic heterocycles. The summed E-state index contributed by atoms with van der Waals surface area (Å²) in [4.78, 5) is 48.4. The van der Waals surface area contributed by atoms with Crippen molar-refractivity contribution >= 4 is 93.5 Å². The van der Waals surface area contributed by atoms with E-state index in [-0.39, 0.29) is 25.7 Å². The summed E-state index contributed by atoms with van der Waals surface area (Å²) in [5.74, 6) is -6.59. The molecule has 2 unspecified atom stereocenters. The average Bonchev–Trinajstić information content (AvgIpc) is 2.78. The zero-order chi connectivity index (χ0) is 28.0. The zero-order valence-electron chi connectivity index (χ0n) is 18.8. The molecule has 0 heterocycles. The highest BCUT2D eigenvalue weighted by atomic mass is 35.6. The van der Waals surface area contributed by atoms with Crippen molar-refractivity contribution in [2.75, 3.05) is 0 Å². The van der Waals surface area contributed by atoms with E-state index in [2.05, 4.69) is 0 Å². The Kier molecular flexibility index (Phi) is 11.4. The predicted molar refractivity (Wildman–Crippen MR) is 142 cm³/mol. The van der Waals surface area contributed by atoms with E-state index in [1.807, 2.05) is 0 Å². The molecule has 0 aliphatic carbocycles. The van der Waals surface area contributed by atoms with Crippen LogP contribution in [0, 0.1) is 0 Å². The standard InChI is InChI=1S/C24H20Cl6O7/c25-23(26,27)15-5-1-13(2-6-15)17(9-11-19(31)32)21(35)37-22(36)18(10-12-20(33)34)14-3-7-16(8-4-14)24(28,29)30/h1-8,17-18H,9-12H2,(H,31,32)(H,33,34). The molecule has 0 saturated carbocycles. The van der Waals surface area contributed by atoms with Crippen LogP contribution in [0.1, 0.15) is 59.8 Å². The lowest BCUT2D eigenvalue weighted by Gasteiger charge is -2.20. The van der Waals surface area contributed by atoms with Crippen LogP contribution in [-0.4, -0.2) is 34.1 Å². The van der Waals surface area contributed by atoms with Crippen LogP contribution >= 0.6 is 69.6 Å². The number of aliphatic carboxylic acids is 2. The molecular weight excluding hydrogens is 613 g/mol. The molecule has 0 amide bonds. The molecule has 37 heavy (non-hydrogen) atoms. The number of halogens is 6. The number of hydrogen-bond donors (Lipinski definition) is 2. The summed E-state index contributed by atoms with van der Waals surface area (Å²) in [6.45, 7) is 0. The van der Waals surface area contributed by atoms with Crippen LogP contribution in [0.5, 0.6) is 0 Å². The number of carbonyl (C=O) groups is 4. The largest absolute Gasteiger partial charge is 0.481 e. The summed E-state index contributed by atoms with van der Waals surface area (Å²) in [7, 11) is 0. The number of carbonyl (C=O) groups excluding carboxylic acids is 2. The van der Waals surface area contributed by atoms with E-state index in [0.717, 1.165) is 0 Å². The van der Waals surface area contributed by atoms with Gasteiger partial charge in [0, 0.05) is 24.0 Å². The normalized spacial score (nSPS) is 13.5. The van der Waals surface area contributed by atoms with Crippen LogP contribution in [0.15, 0.2) is 48.5 Å². The van der Waals surface area contributed by atoms with Crippen LogP contribution in [0.2, 0.25) is 0 Å². The molecule has 200 valence electrons. The molecule has 0 aromatic heterocycles. The third kappa shape index (κ3) is 9.82. The lowest BCUT2D eigenvalue weighted by atomic mass is 9.92. The SMILES string of the molecule is O=C(O)CCC(C(=O)OC(=O)C(CCC(=O)O)c1ccc(C(Cl)(Cl)Cl)cc1)c1ccc(C(Cl)(Cl)Cl)cc1. The van der Waals surface area contributed by atoms with Gasteiger partial charge in [-0.3, -0.25) is 19.2 Å². The van der Waals surface area contributed by atoms with Crippen LogP contribution in [-0.2, 0) is 31.5 Å². The smallest absolute Gasteiger partial charge is 0.321 e. The second kappa shape index (κ2) is 13.4. The molecule has 2 rings (SSSR count). The van der Waals surface area contributed by atoms with Gasteiger partial charge in [-0.15, -0.1) is 0 Å². The fourth-order valence-electron chi connectivity index (χ4n) is 3.43. The Morgan fingerprint density at radius 3 is 1.16 bits per heavy atom. The number of ether oxygens (including phenoxy) is 1. The van der Waals surface area contributed by atoms with E-state index in [9.17, 15) is 19.2 Å². The summed E-state index contributed by atoms with van der Waals surface area (Å²) in [5, 5.41) is 18.2. The molecular formula is C24H20Cl6O7. The van der Waals surface area contributed by atoms with Gasteiger partial charge in [0.1, 0.15) is 0 Å². The molecule has 0 saturated heterocycles. The quantitative estimate of drug-likeness (QED) is 0.164. The summed E-state index contributed by atoms with van der Waals surface area (Å²) in [6, 6.07) is 11.7. The number of carboxylic acid groups (broad SMARTS) is 2. The van der Waals surface area contributed by atoms with Crippen molar-refractivity contribution in [3.05, 3.63) is 70.8 Å². The van der Waals surface area contributed by atoms with Crippen molar-refractivity contribution in [2.24, 2.45) is 0 Å². The average molecular weight is 633 g/mol. The maximum absolute atomic E-state index is 13.0. The van der Waals surface area contributed by atoms with E-state index >= 15 is 0 Å². The van der Waals surface area contributed by atoms with Crippen molar-refractivity contribution in [2.45, 2.75) is 45.1 Å². The second-order valence-corrected chi connectivity index (χ2v) is 12.5. The van der Waals surface area contributed by atoms with Gasteiger partial charge < -0.3 is 14.9 Å². The molecule has 2 N–H and O–H groups in total. The van der Waals surface area contributed by atoms with Gasteiger partial charge in [-0.25, -0.2) is 0 Å². The fourth-order valence-corrected chi connectivity index (χ4v) is 4.18. The zero-order valence-corrected chi connectivity index (χ0v) is 23.3. The summed E-state index contributed by atoms with van der Waals surface area (Å²) < 4.78 is 1.70. The molecule has 2 aromatic carbocycles. The lowest BCUT2D eigenvalue weighted by Crippen LogP contribution is -2.25. The van der Waals surface area contributed by atoms with Gasteiger partial charge in [-0.2, -0.15) is 0 Å². The highest BCUT2D eigenvalue weighted by molar-refractivity contribution is 6.67. The van der Waals surface area contributed by atoms with Crippen molar-refractivity contribution in [1.29, 1.82) is 0 Å². The molecule has 0 bridgehead atoms. The summed E-state index contributed by atoms with van der Waals surface area (Å²) >= 11 is 35.1. The van der Waals surface area contributed by atoms with Gasteiger partial charge in [0.15, 0.2) is 0 Å². The highest BCUT2D eigenvalue weighted by Crippen LogP contribution is 2.40. The molecule has 0 radical (unpaired) electrons. The Bertz CT molecular complexity index is 1030. The Balaban J connectivity index is 2.31. The number of carboxylic acids is 2. The minimum absolute atomic E-state index is 0.174. The van der Waals surface area contributed by atoms with Crippen molar-refractivity contribution in [1.82, 2.24) is 0 Å². The van der Waals surface area contributed by atoms with Crippen molar-refractivity contribution < 1.29 is 34.1 Å². The minimum atomic E-state index is -1.71. The van der Waals surface area contributed by atoms with Crippen molar-refractivity contribution in [3.63, 3.8) is 0 Å². The van der Waals surface area contributed by atoms with Gasteiger partial charge in [0.25, 0.3) is 0 Å². The third-order valence-corrected chi connectivity index (χ3v) is 6.65. The lowest BCUT2D eigenvalue weighted by molar-refractivity contribution is -0.162. The molecule has 7 nitrogen and oxygen atoms in total. The van der Waals surface area contributed by atoms with Crippen LogP contribution in [0.4, 0.5) is 0 Å². The number of hydrogen-bond acceptors (Lipinski definition) is 5. The monoisotopic (exact) mass is 630 g/mol. The second-order valence-electron chi connectivity index (χ2n) is 7.95. The van der Waals surface area contributed by atoms with Crippen molar-refractivity contribution in [3.8, 4) is 0 Å². The summed E-state index contributed by atoms with van der Waals surface area (Å²) in [5.41, 5.74) is 1.31. The maximum Gasteiger partial charge on any atom is 0.321 e. The van der Waals surface area contributed by atoms with E-state index in [4.69, 9.17) is 84.6 Å². The molecule has 0 aliphatic rings. The first-order valence-electron chi connectivity index (χ1n) is 10.6.